The number of esters is 1. The smallest absolute Gasteiger partial charge is 0.343 e. The molecule has 0 unspecified atom stereocenters. The van der Waals surface area contributed by atoms with Crippen molar-refractivity contribution in [2.45, 2.75) is 0 Å². The highest BCUT2D eigenvalue weighted by atomic mass is 19.1. The molecule has 0 saturated heterocycles. The van der Waals surface area contributed by atoms with E-state index in [1.807, 2.05) is 0 Å². The molecule has 0 aromatic heterocycles. The Morgan fingerprint density at radius 2 is 1.59 bits per heavy atom. The monoisotopic (exact) mass is 232 g/mol. The summed E-state index contributed by atoms with van der Waals surface area (Å²) in [6.07, 6.45) is 0. The van der Waals surface area contributed by atoms with E-state index in [0.29, 0.717) is 5.56 Å². The van der Waals surface area contributed by atoms with Crippen molar-refractivity contribution in [2.24, 2.45) is 0 Å². The lowest BCUT2D eigenvalue weighted by Gasteiger charge is -2.04. The van der Waals surface area contributed by atoms with Crippen LogP contribution in [0.3, 0.4) is 0 Å². The summed E-state index contributed by atoms with van der Waals surface area (Å²) in [5.74, 6) is -0.612. The van der Waals surface area contributed by atoms with Gasteiger partial charge in [0.15, 0.2) is 0 Å². The summed E-state index contributed by atoms with van der Waals surface area (Å²) in [6, 6.07) is 10.8. The van der Waals surface area contributed by atoms with Crippen molar-refractivity contribution >= 4 is 5.97 Å². The van der Waals surface area contributed by atoms with Crippen LogP contribution in [0.5, 0.6) is 11.5 Å². The first kappa shape index (κ1) is 11.1. The average molecular weight is 232 g/mol. The van der Waals surface area contributed by atoms with Crippen LogP contribution in [-0.2, 0) is 0 Å². The average Bonchev–Trinajstić information content (AvgIpc) is 2.33. The second-order valence-corrected chi connectivity index (χ2v) is 3.39. The Labute approximate surface area is 97.1 Å². The summed E-state index contributed by atoms with van der Waals surface area (Å²) in [4.78, 5) is 11.6. The van der Waals surface area contributed by atoms with Crippen molar-refractivity contribution in [1.82, 2.24) is 0 Å². The van der Waals surface area contributed by atoms with Gasteiger partial charge in [-0.25, -0.2) is 9.18 Å². The maximum atomic E-state index is 12.6. The van der Waals surface area contributed by atoms with E-state index < -0.39 is 11.8 Å². The van der Waals surface area contributed by atoms with Gasteiger partial charge in [-0.05, 0) is 48.5 Å². The number of hydrogen-bond acceptors (Lipinski definition) is 3. The standard InChI is InChI=1S/C13H9FO3/c14-10-3-7-12(8-4-10)17-13(16)9-1-5-11(15)6-2-9/h1-8,15H. The number of benzene rings is 2. The maximum absolute atomic E-state index is 12.6. The van der Waals surface area contributed by atoms with Crippen molar-refractivity contribution in [1.29, 1.82) is 0 Å². The molecule has 0 heterocycles. The van der Waals surface area contributed by atoms with Gasteiger partial charge < -0.3 is 9.84 Å². The molecule has 0 bridgehead atoms. The van der Waals surface area contributed by atoms with Crippen molar-refractivity contribution in [3.05, 3.63) is 59.9 Å². The Balaban J connectivity index is 2.11. The topological polar surface area (TPSA) is 46.5 Å². The molecule has 0 radical (unpaired) electrons. The predicted octanol–water partition coefficient (Wildman–Crippen LogP) is 2.75. The van der Waals surface area contributed by atoms with Crippen LogP contribution in [0.2, 0.25) is 0 Å². The van der Waals surface area contributed by atoms with E-state index in [1.54, 1.807) is 0 Å². The van der Waals surface area contributed by atoms with Gasteiger partial charge in [0.05, 0.1) is 5.56 Å². The molecule has 0 aliphatic carbocycles. The number of rotatable bonds is 2. The molecule has 0 fully saturated rings. The van der Waals surface area contributed by atoms with E-state index in [0.717, 1.165) is 0 Å². The summed E-state index contributed by atoms with van der Waals surface area (Å²) in [5, 5.41) is 9.06. The normalized spacial score (nSPS) is 9.94. The zero-order valence-electron chi connectivity index (χ0n) is 8.76. The third kappa shape index (κ3) is 2.81. The molecular weight excluding hydrogens is 223 g/mol. The molecule has 0 aliphatic heterocycles. The number of carbonyl (C=O) groups is 1. The van der Waals surface area contributed by atoms with E-state index in [4.69, 9.17) is 9.84 Å². The van der Waals surface area contributed by atoms with Gasteiger partial charge in [0, 0.05) is 0 Å². The van der Waals surface area contributed by atoms with Crippen LogP contribution >= 0.6 is 0 Å². The molecule has 0 amide bonds. The van der Waals surface area contributed by atoms with Crippen LogP contribution in [0.4, 0.5) is 4.39 Å². The molecule has 2 aromatic carbocycles. The lowest BCUT2D eigenvalue weighted by Crippen LogP contribution is -2.07. The Morgan fingerprint density at radius 1 is 1.00 bits per heavy atom. The first-order valence-corrected chi connectivity index (χ1v) is 4.92. The van der Waals surface area contributed by atoms with E-state index in [1.165, 1.54) is 48.5 Å². The Kier molecular flexibility index (Phi) is 3.05. The molecule has 0 saturated carbocycles. The second kappa shape index (κ2) is 4.65. The van der Waals surface area contributed by atoms with Gasteiger partial charge in [-0.2, -0.15) is 0 Å². The van der Waals surface area contributed by atoms with Gasteiger partial charge in [0.1, 0.15) is 17.3 Å². The molecule has 2 aromatic rings. The summed E-state index contributed by atoms with van der Waals surface area (Å²) < 4.78 is 17.6. The van der Waals surface area contributed by atoms with Gasteiger partial charge in [-0.1, -0.05) is 0 Å². The quantitative estimate of drug-likeness (QED) is 0.639. The third-order valence-electron chi connectivity index (χ3n) is 2.13. The Bertz CT molecular complexity index is 517. The van der Waals surface area contributed by atoms with Gasteiger partial charge in [-0.3, -0.25) is 0 Å². The first-order chi connectivity index (χ1) is 8.15. The zero-order valence-corrected chi connectivity index (χ0v) is 8.76. The van der Waals surface area contributed by atoms with E-state index in [2.05, 4.69) is 0 Å². The molecule has 0 atom stereocenters. The summed E-state index contributed by atoms with van der Waals surface area (Å²) in [6.45, 7) is 0. The molecular formula is C13H9FO3. The lowest BCUT2D eigenvalue weighted by atomic mass is 10.2. The van der Waals surface area contributed by atoms with Crippen LogP contribution < -0.4 is 4.74 Å². The zero-order chi connectivity index (χ0) is 12.3. The number of aromatic hydroxyl groups is 1. The highest BCUT2D eigenvalue weighted by Gasteiger charge is 2.08. The van der Waals surface area contributed by atoms with E-state index in [9.17, 15) is 9.18 Å². The molecule has 4 heteroatoms. The van der Waals surface area contributed by atoms with Crippen LogP contribution in [0.25, 0.3) is 0 Å². The SMILES string of the molecule is O=C(Oc1ccc(F)cc1)c1ccc(O)cc1. The van der Waals surface area contributed by atoms with Crippen LogP contribution in [-0.4, -0.2) is 11.1 Å². The Morgan fingerprint density at radius 3 is 2.18 bits per heavy atom. The minimum atomic E-state index is -0.559. The van der Waals surface area contributed by atoms with Crippen molar-refractivity contribution < 1.29 is 19.0 Å². The summed E-state index contributed by atoms with van der Waals surface area (Å²) in [5.41, 5.74) is 0.312. The lowest BCUT2D eigenvalue weighted by molar-refractivity contribution is 0.0734. The molecule has 2 rings (SSSR count). The number of phenols is 1. The largest absolute Gasteiger partial charge is 0.508 e. The summed E-state index contributed by atoms with van der Waals surface area (Å²) >= 11 is 0. The van der Waals surface area contributed by atoms with Gasteiger partial charge in [-0.15, -0.1) is 0 Å². The van der Waals surface area contributed by atoms with Crippen LogP contribution in [0.15, 0.2) is 48.5 Å². The first-order valence-electron chi connectivity index (χ1n) is 4.92. The molecule has 1 N–H and O–H groups in total. The number of phenolic OH excluding ortho intramolecular Hbond substituents is 1. The highest BCUT2D eigenvalue weighted by molar-refractivity contribution is 5.91. The van der Waals surface area contributed by atoms with Crippen molar-refractivity contribution in [3.8, 4) is 11.5 Å². The minimum Gasteiger partial charge on any atom is -0.508 e. The molecule has 0 spiro atoms. The molecule has 86 valence electrons. The number of ether oxygens (including phenoxy) is 1. The summed E-state index contributed by atoms with van der Waals surface area (Å²) in [7, 11) is 0. The predicted molar refractivity (Wildman–Crippen MR) is 59.5 cm³/mol. The van der Waals surface area contributed by atoms with Crippen molar-refractivity contribution in [3.63, 3.8) is 0 Å². The van der Waals surface area contributed by atoms with E-state index in [-0.39, 0.29) is 11.5 Å². The van der Waals surface area contributed by atoms with E-state index >= 15 is 0 Å². The van der Waals surface area contributed by atoms with Gasteiger partial charge in [0.25, 0.3) is 0 Å². The molecule has 3 nitrogen and oxygen atoms in total. The van der Waals surface area contributed by atoms with Gasteiger partial charge in [0.2, 0.25) is 0 Å². The third-order valence-corrected chi connectivity index (χ3v) is 2.13. The van der Waals surface area contributed by atoms with Gasteiger partial charge >= 0.3 is 5.97 Å². The Hall–Kier alpha value is -2.36. The second-order valence-electron chi connectivity index (χ2n) is 3.39. The minimum absolute atomic E-state index is 0.0725. The van der Waals surface area contributed by atoms with Crippen LogP contribution in [0.1, 0.15) is 10.4 Å². The fourth-order valence-corrected chi connectivity index (χ4v) is 1.27. The number of halogens is 1. The molecule has 17 heavy (non-hydrogen) atoms. The molecule has 0 aliphatic rings. The fourth-order valence-electron chi connectivity index (χ4n) is 1.27. The van der Waals surface area contributed by atoms with Crippen LogP contribution in [0, 0.1) is 5.82 Å². The number of carbonyl (C=O) groups excluding carboxylic acids is 1. The maximum Gasteiger partial charge on any atom is 0.343 e. The highest BCUT2D eigenvalue weighted by Crippen LogP contribution is 2.15. The number of hydrogen-bond donors (Lipinski definition) is 1. The van der Waals surface area contributed by atoms with Crippen molar-refractivity contribution in [2.75, 3.05) is 0 Å². The fraction of sp³-hybridized carbons (Fsp3) is 0.